The van der Waals surface area contributed by atoms with Gasteiger partial charge in [0.25, 0.3) is 0 Å². The van der Waals surface area contributed by atoms with E-state index in [1.165, 1.54) is 11.3 Å². The summed E-state index contributed by atoms with van der Waals surface area (Å²) in [4.78, 5) is 2.34. The lowest BCUT2D eigenvalue weighted by Crippen LogP contribution is -2.21. The van der Waals surface area contributed by atoms with E-state index in [1.54, 1.807) is 0 Å². The van der Waals surface area contributed by atoms with Crippen LogP contribution in [0.3, 0.4) is 0 Å². The summed E-state index contributed by atoms with van der Waals surface area (Å²) in [5.41, 5.74) is 2.61. The highest BCUT2D eigenvalue weighted by molar-refractivity contribution is 5.47. The Balaban J connectivity index is 2.11. The molecule has 1 aliphatic rings. The maximum atomic E-state index is 5.23. The zero-order chi connectivity index (χ0) is 9.97. The summed E-state index contributed by atoms with van der Waals surface area (Å²) in [6.07, 6.45) is 0.376. The lowest BCUT2D eigenvalue weighted by atomic mass is 10.1. The van der Waals surface area contributed by atoms with Gasteiger partial charge in [0, 0.05) is 18.8 Å². The number of anilines is 1. The maximum Gasteiger partial charge on any atom is 0.106 e. The Morgan fingerprint density at radius 1 is 1.21 bits per heavy atom. The van der Waals surface area contributed by atoms with E-state index in [-0.39, 0.29) is 0 Å². The van der Waals surface area contributed by atoms with E-state index in [9.17, 15) is 0 Å². The molecule has 1 fully saturated rings. The molecule has 0 spiro atoms. The van der Waals surface area contributed by atoms with Gasteiger partial charge in [-0.15, -0.1) is 0 Å². The third-order valence-corrected chi connectivity index (χ3v) is 2.73. The van der Waals surface area contributed by atoms with Crippen molar-refractivity contribution in [3.05, 3.63) is 29.8 Å². The molecule has 1 aromatic rings. The minimum atomic E-state index is 0.376. The van der Waals surface area contributed by atoms with Gasteiger partial charge in [-0.2, -0.15) is 0 Å². The zero-order valence-corrected chi connectivity index (χ0v) is 8.86. The van der Waals surface area contributed by atoms with E-state index in [0.29, 0.717) is 6.10 Å². The quantitative estimate of drug-likeness (QED) is 0.680. The van der Waals surface area contributed by atoms with E-state index in [2.05, 4.69) is 43.0 Å². The average molecular weight is 191 g/mol. The monoisotopic (exact) mass is 191 g/mol. The van der Waals surface area contributed by atoms with Gasteiger partial charge in [-0.3, -0.25) is 0 Å². The van der Waals surface area contributed by atoms with Crippen LogP contribution in [0.15, 0.2) is 24.3 Å². The van der Waals surface area contributed by atoms with Crippen molar-refractivity contribution in [2.24, 2.45) is 0 Å². The molecule has 2 heteroatoms. The number of hydrogen-bond donors (Lipinski definition) is 0. The van der Waals surface area contributed by atoms with Crippen LogP contribution in [0, 0.1) is 0 Å². The Hall–Kier alpha value is -1.02. The molecular formula is C12H17NO. The van der Waals surface area contributed by atoms with Crippen LogP contribution in [0.2, 0.25) is 0 Å². The van der Waals surface area contributed by atoms with Crippen LogP contribution in [-0.2, 0) is 4.74 Å². The standard InChI is InChI=1S/C12H17NO/c1-3-13(4-2)11-7-5-10(6-8-11)12-9-14-12/h5-8,12H,3-4,9H2,1-2H3. The molecule has 1 unspecified atom stereocenters. The third kappa shape index (κ3) is 1.90. The Kier molecular flexibility index (Phi) is 2.73. The summed E-state index contributed by atoms with van der Waals surface area (Å²) in [6, 6.07) is 8.71. The molecule has 2 nitrogen and oxygen atoms in total. The highest BCUT2D eigenvalue weighted by Crippen LogP contribution is 2.30. The number of epoxide rings is 1. The Morgan fingerprint density at radius 2 is 1.79 bits per heavy atom. The molecule has 1 aliphatic heterocycles. The van der Waals surface area contributed by atoms with Gasteiger partial charge in [0.05, 0.1) is 6.61 Å². The van der Waals surface area contributed by atoms with Crippen LogP contribution in [0.1, 0.15) is 25.5 Å². The Labute approximate surface area is 85.5 Å². The van der Waals surface area contributed by atoms with Crippen LogP contribution < -0.4 is 4.90 Å². The number of benzene rings is 1. The number of ether oxygens (including phenoxy) is 1. The summed E-state index contributed by atoms with van der Waals surface area (Å²) >= 11 is 0. The molecule has 0 amide bonds. The summed E-state index contributed by atoms with van der Waals surface area (Å²) in [7, 11) is 0. The lowest BCUT2D eigenvalue weighted by molar-refractivity contribution is 0.415. The van der Waals surface area contributed by atoms with Crippen molar-refractivity contribution < 1.29 is 4.74 Å². The first kappa shape index (κ1) is 9.53. The Bertz CT molecular complexity index is 286. The molecule has 2 rings (SSSR count). The fourth-order valence-corrected chi connectivity index (χ4v) is 1.73. The summed E-state index contributed by atoms with van der Waals surface area (Å²) in [6.45, 7) is 7.39. The van der Waals surface area contributed by atoms with Crippen LogP contribution in [-0.4, -0.2) is 19.7 Å². The van der Waals surface area contributed by atoms with Crippen LogP contribution in [0.4, 0.5) is 5.69 Å². The minimum absolute atomic E-state index is 0.376. The van der Waals surface area contributed by atoms with Gasteiger partial charge < -0.3 is 9.64 Å². The highest BCUT2D eigenvalue weighted by atomic mass is 16.6. The van der Waals surface area contributed by atoms with Crippen LogP contribution in [0.5, 0.6) is 0 Å². The SMILES string of the molecule is CCN(CC)c1ccc(C2CO2)cc1. The van der Waals surface area contributed by atoms with Gasteiger partial charge in [0.1, 0.15) is 6.10 Å². The summed E-state index contributed by atoms with van der Waals surface area (Å²) in [5.74, 6) is 0. The molecule has 1 saturated heterocycles. The molecule has 0 N–H and O–H groups in total. The molecule has 76 valence electrons. The van der Waals surface area contributed by atoms with Crippen LogP contribution in [0.25, 0.3) is 0 Å². The Morgan fingerprint density at radius 3 is 2.21 bits per heavy atom. The molecule has 1 heterocycles. The first-order valence-corrected chi connectivity index (χ1v) is 5.31. The topological polar surface area (TPSA) is 15.8 Å². The molecule has 1 atom stereocenters. The zero-order valence-electron chi connectivity index (χ0n) is 8.86. The third-order valence-electron chi connectivity index (χ3n) is 2.73. The number of rotatable bonds is 4. The second-order valence-corrected chi connectivity index (χ2v) is 3.59. The van der Waals surface area contributed by atoms with E-state index in [1.807, 2.05) is 0 Å². The molecule has 1 aromatic carbocycles. The van der Waals surface area contributed by atoms with Crippen molar-refractivity contribution >= 4 is 5.69 Å². The summed E-state index contributed by atoms with van der Waals surface area (Å²) < 4.78 is 5.23. The van der Waals surface area contributed by atoms with E-state index >= 15 is 0 Å². The van der Waals surface area contributed by atoms with Crippen molar-refractivity contribution in [3.8, 4) is 0 Å². The maximum absolute atomic E-state index is 5.23. The molecule has 0 radical (unpaired) electrons. The first-order valence-electron chi connectivity index (χ1n) is 5.31. The summed E-state index contributed by atoms with van der Waals surface area (Å²) in [5, 5.41) is 0. The minimum Gasteiger partial charge on any atom is -0.372 e. The van der Waals surface area contributed by atoms with Gasteiger partial charge in [0.15, 0.2) is 0 Å². The number of nitrogens with zero attached hydrogens (tertiary/aromatic N) is 1. The van der Waals surface area contributed by atoms with E-state index in [0.717, 1.165) is 19.7 Å². The molecule has 0 saturated carbocycles. The second-order valence-electron chi connectivity index (χ2n) is 3.59. The fourth-order valence-electron chi connectivity index (χ4n) is 1.73. The smallest absolute Gasteiger partial charge is 0.106 e. The first-order chi connectivity index (χ1) is 6.85. The van der Waals surface area contributed by atoms with Crippen molar-refractivity contribution in [2.75, 3.05) is 24.6 Å². The fraction of sp³-hybridized carbons (Fsp3) is 0.500. The van der Waals surface area contributed by atoms with E-state index < -0.39 is 0 Å². The lowest BCUT2D eigenvalue weighted by Gasteiger charge is -2.20. The van der Waals surface area contributed by atoms with Crippen molar-refractivity contribution in [1.82, 2.24) is 0 Å². The largest absolute Gasteiger partial charge is 0.372 e. The van der Waals surface area contributed by atoms with Crippen molar-refractivity contribution in [3.63, 3.8) is 0 Å². The van der Waals surface area contributed by atoms with Crippen molar-refractivity contribution in [2.45, 2.75) is 20.0 Å². The van der Waals surface area contributed by atoms with Gasteiger partial charge in [-0.1, -0.05) is 12.1 Å². The molecular weight excluding hydrogens is 174 g/mol. The predicted molar refractivity (Wildman–Crippen MR) is 58.7 cm³/mol. The van der Waals surface area contributed by atoms with Gasteiger partial charge >= 0.3 is 0 Å². The molecule has 14 heavy (non-hydrogen) atoms. The van der Waals surface area contributed by atoms with Crippen LogP contribution >= 0.6 is 0 Å². The van der Waals surface area contributed by atoms with Gasteiger partial charge in [-0.05, 0) is 31.5 Å². The van der Waals surface area contributed by atoms with Gasteiger partial charge in [-0.25, -0.2) is 0 Å². The normalized spacial score (nSPS) is 19.4. The highest BCUT2D eigenvalue weighted by Gasteiger charge is 2.24. The predicted octanol–water partition coefficient (Wildman–Crippen LogP) is 2.60. The average Bonchev–Trinajstić information content (AvgIpc) is 3.04. The molecule has 0 bridgehead atoms. The molecule has 0 aromatic heterocycles. The number of hydrogen-bond acceptors (Lipinski definition) is 2. The van der Waals surface area contributed by atoms with Crippen molar-refractivity contribution in [1.29, 1.82) is 0 Å². The van der Waals surface area contributed by atoms with Gasteiger partial charge in [0.2, 0.25) is 0 Å². The second kappa shape index (κ2) is 4.01. The van der Waals surface area contributed by atoms with E-state index in [4.69, 9.17) is 4.74 Å². The molecule has 0 aliphatic carbocycles.